The van der Waals surface area contributed by atoms with Crippen molar-refractivity contribution in [3.63, 3.8) is 0 Å². The Morgan fingerprint density at radius 1 is 1.23 bits per heavy atom. The summed E-state index contributed by atoms with van der Waals surface area (Å²) in [7, 11) is 0. The van der Waals surface area contributed by atoms with Gasteiger partial charge in [-0.3, -0.25) is 0 Å². The molecule has 2 rings (SSSR count). The molecule has 13 heavy (non-hydrogen) atoms. The Hall–Kier alpha value is -0.820. The predicted molar refractivity (Wildman–Crippen MR) is 55.6 cm³/mol. The van der Waals surface area contributed by atoms with E-state index in [0.717, 1.165) is 5.92 Å². The maximum absolute atomic E-state index is 3.59. The quantitative estimate of drug-likeness (QED) is 0.692. The van der Waals surface area contributed by atoms with Gasteiger partial charge in [-0.15, -0.1) is 0 Å². The summed E-state index contributed by atoms with van der Waals surface area (Å²) in [4.78, 5) is 0. The van der Waals surface area contributed by atoms with Crippen molar-refractivity contribution in [3.8, 4) is 0 Å². The van der Waals surface area contributed by atoms with Gasteiger partial charge < -0.3 is 5.32 Å². The molecule has 1 heterocycles. The summed E-state index contributed by atoms with van der Waals surface area (Å²) >= 11 is 0. The fraction of sp³-hybridized carbons (Fsp3) is 0.500. The monoisotopic (exact) mass is 175 g/mol. The maximum atomic E-state index is 3.59. The van der Waals surface area contributed by atoms with E-state index in [-0.39, 0.29) is 0 Å². The molecule has 1 aliphatic heterocycles. The van der Waals surface area contributed by atoms with Crippen molar-refractivity contribution in [3.05, 3.63) is 35.9 Å². The maximum Gasteiger partial charge on any atom is 0.0346 e. The zero-order chi connectivity index (χ0) is 9.10. The molecule has 0 radical (unpaired) electrons. The van der Waals surface area contributed by atoms with Gasteiger partial charge in [0.25, 0.3) is 0 Å². The second kappa shape index (κ2) is 3.93. The molecule has 0 bridgehead atoms. The number of piperidine rings is 1. The van der Waals surface area contributed by atoms with E-state index >= 15 is 0 Å². The van der Waals surface area contributed by atoms with E-state index in [0.29, 0.717) is 6.04 Å². The van der Waals surface area contributed by atoms with Crippen molar-refractivity contribution in [2.24, 2.45) is 5.92 Å². The van der Waals surface area contributed by atoms with Gasteiger partial charge in [0.15, 0.2) is 0 Å². The third kappa shape index (κ3) is 1.92. The van der Waals surface area contributed by atoms with Crippen LogP contribution in [0.3, 0.4) is 0 Å². The Morgan fingerprint density at radius 3 is 2.69 bits per heavy atom. The van der Waals surface area contributed by atoms with E-state index in [9.17, 15) is 0 Å². The fourth-order valence-electron chi connectivity index (χ4n) is 2.16. The number of hydrogen-bond donors (Lipinski definition) is 1. The molecule has 1 aromatic rings. The zero-order valence-electron chi connectivity index (χ0n) is 8.16. The first kappa shape index (κ1) is 8.76. The molecule has 0 spiro atoms. The van der Waals surface area contributed by atoms with Crippen LogP contribution in [0.4, 0.5) is 0 Å². The number of hydrogen-bond acceptors (Lipinski definition) is 1. The third-order valence-corrected chi connectivity index (χ3v) is 2.93. The van der Waals surface area contributed by atoms with E-state index in [2.05, 4.69) is 42.6 Å². The van der Waals surface area contributed by atoms with Crippen molar-refractivity contribution in [2.45, 2.75) is 25.8 Å². The fourth-order valence-corrected chi connectivity index (χ4v) is 2.16. The van der Waals surface area contributed by atoms with Crippen molar-refractivity contribution >= 4 is 0 Å². The lowest BCUT2D eigenvalue weighted by Crippen LogP contribution is -2.32. The molecule has 70 valence electrons. The third-order valence-electron chi connectivity index (χ3n) is 2.93. The number of nitrogens with one attached hydrogen (secondary N) is 1. The highest BCUT2D eigenvalue weighted by Gasteiger charge is 2.21. The highest BCUT2D eigenvalue weighted by molar-refractivity contribution is 5.19. The first-order valence-corrected chi connectivity index (χ1v) is 5.16. The topological polar surface area (TPSA) is 12.0 Å². The van der Waals surface area contributed by atoms with Crippen LogP contribution < -0.4 is 5.32 Å². The Kier molecular flexibility index (Phi) is 2.65. The van der Waals surface area contributed by atoms with Crippen LogP contribution in [0.15, 0.2) is 30.3 Å². The second-order valence-electron chi connectivity index (χ2n) is 3.96. The van der Waals surface area contributed by atoms with Crippen LogP contribution in [0, 0.1) is 5.92 Å². The summed E-state index contributed by atoms with van der Waals surface area (Å²) in [6.07, 6.45) is 2.68. The summed E-state index contributed by atoms with van der Waals surface area (Å²) in [5.41, 5.74) is 1.44. The van der Waals surface area contributed by atoms with Gasteiger partial charge in [0, 0.05) is 6.04 Å². The van der Waals surface area contributed by atoms with E-state index in [1.54, 1.807) is 0 Å². The minimum Gasteiger partial charge on any atom is -0.310 e. The summed E-state index contributed by atoms with van der Waals surface area (Å²) in [6.45, 7) is 3.51. The highest BCUT2D eigenvalue weighted by Crippen LogP contribution is 2.28. The molecule has 0 aromatic heterocycles. The van der Waals surface area contributed by atoms with E-state index < -0.39 is 0 Å². The number of benzene rings is 1. The zero-order valence-corrected chi connectivity index (χ0v) is 8.16. The lowest BCUT2D eigenvalue weighted by atomic mass is 9.88. The van der Waals surface area contributed by atoms with Crippen LogP contribution in [0.2, 0.25) is 0 Å². The van der Waals surface area contributed by atoms with E-state index in [4.69, 9.17) is 0 Å². The van der Waals surface area contributed by atoms with Crippen LogP contribution in [-0.2, 0) is 0 Å². The molecule has 1 aliphatic rings. The molecule has 1 fully saturated rings. The van der Waals surface area contributed by atoms with Crippen molar-refractivity contribution in [1.29, 1.82) is 0 Å². The van der Waals surface area contributed by atoms with Crippen molar-refractivity contribution in [2.75, 3.05) is 6.54 Å². The SMILES string of the molecule is C[C@H]1CCCN[C@H]1c1ccccc1. The van der Waals surface area contributed by atoms with Crippen LogP contribution in [0.1, 0.15) is 31.4 Å². The minimum absolute atomic E-state index is 0.579. The Bertz CT molecular complexity index is 255. The van der Waals surface area contributed by atoms with Gasteiger partial charge in [0.2, 0.25) is 0 Å². The minimum atomic E-state index is 0.579. The molecule has 0 unspecified atom stereocenters. The van der Waals surface area contributed by atoms with Gasteiger partial charge in [-0.2, -0.15) is 0 Å². The molecular formula is C12H17N. The van der Waals surface area contributed by atoms with Gasteiger partial charge in [0.05, 0.1) is 0 Å². The van der Waals surface area contributed by atoms with E-state index in [1.165, 1.54) is 24.9 Å². The molecule has 1 N–H and O–H groups in total. The first-order chi connectivity index (χ1) is 6.38. The van der Waals surface area contributed by atoms with Crippen molar-refractivity contribution in [1.82, 2.24) is 5.32 Å². The average molecular weight is 175 g/mol. The highest BCUT2D eigenvalue weighted by atomic mass is 14.9. The molecule has 0 amide bonds. The molecule has 1 nitrogen and oxygen atoms in total. The predicted octanol–water partition coefficient (Wildman–Crippen LogP) is 2.75. The lowest BCUT2D eigenvalue weighted by Gasteiger charge is -2.30. The molecule has 0 saturated carbocycles. The normalized spacial score (nSPS) is 28.7. The lowest BCUT2D eigenvalue weighted by molar-refractivity contribution is 0.306. The van der Waals surface area contributed by atoms with Crippen LogP contribution in [-0.4, -0.2) is 6.54 Å². The van der Waals surface area contributed by atoms with E-state index in [1.807, 2.05) is 0 Å². The molecule has 1 heteroatoms. The summed E-state index contributed by atoms with van der Waals surface area (Å²) in [5.74, 6) is 0.774. The molecule has 1 saturated heterocycles. The van der Waals surface area contributed by atoms with Crippen molar-refractivity contribution < 1.29 is 0 Å². The first-order valence-electron chi connectivity index (χ1n) is 5.16. The van der Waals surface area contributed by atoms with Gasteiger partial charge in [-0.05, 0) is 30.9 Å². The molecule has 0 aliphatic carbocycles. The summed E-state index contributed by atoms with van der Waals surface area (Å²) < 4.78 is 0. The standard InChI is InChI=1S/C12H17N/c1-10-6-5-9-13-12(10)11-7-3-2-4-8-11/h2-4,7-8,10,12-13H,5-6,9H2,1H3/t10-,12+/m0/s1. The second-order valence-corrected chi connectivity index (χ2v) is 3.96. The largest absolute Gasteiger partial charge is 0.310 e. The Labute approximate surface area is 80.2 Å². The van der Waals surface area contributed by atoms with Crippen LogP contribution >= 0.6 is 0 Å². The molecule has 2 atom stereocenters. The van der Waals surface area contributed by atoms with Crippen LogP contribution in [0.25, 0.3) is 0 Å². The smallest absolute Gasteiger partial charge is 0.0346 e. The molecule has 1 aromatic carbocycles. The van der Waals surface area contributed by atoms with Gasteiger partial charge in [0.1, 0.15) is 0 Å². The Morgan fingerprint density at radius 2 is 2.00 bits per heavy atom. The van der Waals surface area contributed by atoms with Gasteiger partial charge in [-0.25, -0.2) is 0 Å². The van der Waals surface area contributed by atoms with Gasteiger partial charge in [-0.1, -0.05) is 37.3 Å². The summed E-state index contributed by atoms with van der Waals surface area (Å²) in [6, 6.07) is 11.3. The number of rotatable bonds is 1. The Balaban J connectivity index is 2.15. The molecular weight excluding hydrogens is 158 g/mol. The summed E-state index contributed by atoms with van der Waals surface area (Å²) in [5, 5.41) is 3.59. The average Bonchev–Trinajstić information content (AvgIpc) is 2.20. The van der Waals surface area contributed by atoms with Gasteiger partial charge >= 0.3 is 0 Å². The van der Waals surface area contributed by atoms with Crippen LogP contribution in [0.5, 0.6) is 0 Å².